The Bertz CT molecular complexity index is 696. The van der Waals surface area contributed by atoms with Crippen molar-refractivity contribution in [1.82, 2.24) is 14.8 Å². The van der Waals surface area contributed by atoms with Gasteiger partial charge in [0, 0.05) is 32.4 Å². The molecular weight excluding hydrogens is 314 g/mol. The molecule has 1 aromatic heterocycles. The lowest BCUT2D eigenvalue weighted by Gasteiger charge is -2.26. The van der Waals surface area contributed by atoms with Gasteiger partial charge in [0.05, 0.1) is 6.10 Å². The van der Waals surface area contributed by atoms with Gasteiger partial charge in [0.15, 0.2) is 0 Å². The summed E-state index contributed by atoms with van der Waals surface area (Å²) in [6.45, 7) is 1.81. The first-order valence-corrected chi connectivity index (χ1v) is 8.91. The van der Waals surface area contributed by atoms with E-state index >= 15 is 0 Å². The molecule has 0 aliphatic carbocycles. The van der Waals surface area contributed by atoms with Crippen molar-refractivity contribution >= 4 is 5.91 Å². The highest BCUT2D eigenvalue weighted by atomic mass is 16.3. The maximum atomic E-state index is 12.0. The van der Waals surface area contributed by atoms with Crippen LogP contribution in [0.4, 0.5) is 0 Å². The molecule has 1 aliphatic rings. The van der Waals surface area contributed by atoms with Crippen LogP contribution >= 0.6 is 0 Å². The molecule has 2 aromatic rings. The van der Waals surface area contributed by atoms with Crippen molar-refractivity contribution in [2.24, 2.45) is 0 Å². The van der Waals surface area contributed by atoms with E-state index < -0.39 is 6.10 Å². The zero-order chi connectivity index (χ0) is 17.8. The van der Waals surface area contributed by atoms with E-state index in [4.69, 9.17) is 0 Å². The number of nitrogens with zero attached hydrogens (tertiary/aromatic N) is 2. The molecule has 25 heavy (non-hydrogen) atoms. The molecule has 0 saturated carbocycles. The van der Waals surface area contributed by atoms with Crippen molar-refractivity contribution in [2.45, 2.75) is 38.0 Å². The van der Waals surface area contributed by atoms with Gasteiger partial charge in [-0.25, -0.2) is 0 Å². The summed E-state index contributed by atoms with van der Waals surface area (Å²) in [5.41, 5.74) is 2.65. The van der Waals surface area contributed by atoms with Gasteiger partial charge in [0.1, 0.15) is 5.69 Å². The largest absolute Gasteiger partial charge is 0.388 e. The molecular formula is C20H27N3O2. The lowest BCUT2D eigenvalue weighted by atomic mass is 10.0. The minimum absolute atomic E-state index is 0.0104. The molecule has 3 rings (SSSR count). The van der Waals surface area contributed by atoms with Gasteiger partial charge in [0.25, 0.3) is 5.91 Å². The van der Waals surface area contributed by atoms with Crippen LogP contribution in [0.5, 0.6) is 0 Å². The SMILES string of the molecule is CN(C)C(=O)c1ccc(CN2CCCC2CC(O)c2ccccc2)[nH]1. The predicted molar refractivity (Wildman–Crippen MR) is 98.3 cm³/mol. The van der Waals surface area contributed by atoms with E-state index in [0.717, 1.165) is 43.6 Å². The number of aliphatic hydroxyl groups excluding tert-OH is 1. The number of aliphatic hydroxyl groups is 1. The third-order valence-electron chi connectivity index (χ3n) is 4.94. The molecule has 2 heterocycles. The molecule has 2 unspecified atom stereocenters. The maximum absolute atomic E-state index is 12.0. The van der Waals surface area contributed by atoms with Gasteiger partial charge in [-0.2, -0.15) is 0 Å². The van der Waals surface area contributed by atoms with Gasteiger partial charge in [-0.1, -0.05) is 30.3 Å². The Kier molecular flexibility index (Phi) is 5.56. The number of hydrogen-bond acceptors (Lipinski definition) is 3. The van der Waals surface area contributed by atoms with E-state index in [9.17, 15) is 9.90 Å². The Morgan fingerprint density at radius 2 is 2.04 bits per heavy atom. The zero-order valence-electron chi connectivity index (χ0n) is 15.0. The molecule has 1 aromatic carbocycles. The van der Waals surface area contributed by atoms with Crippen LogP contribution in [0.1, 0.15) is 47.1 Å². The summed E-state index contributed by atoms with van der Waals surface area (Å²) in [5, 5.41) is 10.5. The molecule has 1 saturated heterocycles. The van der Waals surface area contributed by atoms with Crippen molar-refractivity contribution in [1.29, 1.82) is 0 Å². The fourth-order valence-corrected chi connectivity index (χ4v) is 3.56. The van der Waals surface area contributed by atoms with Crippen LogP contribution in [0.3, 0.4) is 0 Å². The van der Waals surface area contributed by atoms with Gasteiger partial charge < -0.3 is 15.0 Å². The second-order valence-corrected chi connectivity index (χ2v) is 7.03. The number of carbonyl (C=O) groups excluding carboxylic acids is 1. The molecule has 134 valence electrons. The molecule has 0 radical (unpaired) electrons. The molecule has 1 fully saturated rings. The number of carbonyl (C=O) groups is 1. The molecule has 5 nitrogen and oxygen atoms in total. The summed E-state index contributed by atoms with van der Waals surface area (Å²) in [7, 11) is 3.51. The summed E-state index contributed by atoms with van der Waals surface area (Å²) in [6, 6.07) is 14.1. The summed E-state index contributed by atoms with van der Waals surface area (Å²) in [6.07, 6.45) is 2.57. The number of benzene rings is 1. The van der Waals surface area contributed by atoms with E-state index in [1.165, 1.54) is 0 Å². The van der Waals surface area contributed by atoms with Crippen LogP contribution in [-0.4, -0.2) is 52.5 Å². The van der Waals surface area contributed by atoms with Crippen LogP contribution in [-0.2, 0) is 6.54 Å². The highest BCUT2D eigenvalue weighted by Crippen LogP contribution is 2.28. The molecule has 1 aliphatic heterocycles. The Morgan fingerprint density at radius 1 is 1.28 bits per heavy atom. The van der Waals surface area contributed by atoms with Gasteiger partial charge in [-0.15, -0.1) is 0 Å². The molecule has 2 atom stereocenters. The number of aromatic amines is 1. The number of hydrogen-bond donors (Lipinski definition) is 2. The van der Waals surface area contributed by atoms with Crippen molar-refractivity contribution in [3.05, 3.63) is 59.4 Å². The van der Waals surface area contributed by atoms with Crippen LogP contribution in [0.25, 0.3) is 0 Å². The summed E-state index contributed by atoms with van der Waals surface area (Å²) in [4.78, 5) is 19.2. The second-order valence-electron chi connectivity index (χ2n) is 7.03. The first kappa shape index (κ1) is 17.7. The van der Waals surface area contributed by atoms with Gasteiger partial charge in [-0.3, -0.25) is 9.69 Å². The van der Waals surface area contributed by atoms with E-state index in [2.05, 4.69) is 9.88 Å². The second kappa shape index (κ2) is 7.85. The highest BCUT2D eigenvalue weighted by Gasteiger charge is 2.27. The fraction of sp³-hybridized carbons (Fsp3) is 0.450. The first-order chi connectivity index (χ1) is 12.0. The standard InChI is InChI=1S/C20H27N3O2/c1-22(2)20(25)18-11-10-16(21-18)14-23-12-6-9-17(23)13-19(24)15-7-4-3-5-8-15/h3-5,7-8,10-11,17,19,21,24H,6,9,12-14H2,1-2H3. The Morgan fingerprint density at radius 3 is 2.76 bits per heavy atom. The summed E-state index contributed by atoms with van der Waals surface area (Å²) < 4.78 is 0. The quantitative estimate of drug-likeness (QED) is 0.849. The molecule has 2 N–H and O–H groups in total. The van der Waals surface area contributed by atoms with E-state index in [1.54, 1.807) is 19.0 Å². The summed E-state index contributed by atoms with van der Waals surface area (Å²) in [5.74, 6) is -0.0104. The number of nitrogens with one attached hydrogen (secondary N) is 1. The van der Waals surface area contributed by atoms with E-state index in [0.29, 0.717) is 11.7 Å². The minimum atomic E-state index is -0.429. The van der Waals surface area contributed by atoms with E-state index in [1.807, 2.05) is 42.5 Å². The molecule has 0 spiro atoms. The first-order valence-electron chi connectivity index (χ1n) is 8.91. The predicted octanol–water partition coefficient (Wildman–Crippen LogP) is 2.80. The monoisotopic (exact) mass is 341 g/mol. The lowest BCUT2D eigenvalue weighted by Crippen LogP contribution is -2.30. The zero-order valence-corrected chi connectivity index (χ0v) is 15.0. The van der Waals surface area contributed by atoms with Crippen molar-refractivity contribution in [3.63, 3.8) is 0 Å². The number of likely N-dealkylation sites (tertiary alicyclic amines) is 1. The Balaban J connectivity index is 1.61. The average molecular weight is 341 g/mol. The lowest BCUT2D eigenvalue weighted by molar-refractivity contribution is 0.0822. The van der Waals surface area contributed by atoms with Crippen molar-refractivity contribution < 1.29 is 9.90 Å². The average Bonchev–Trinajstić information content (AvgIpc) is 3.25. The van der Waals surface area contributed by atoms with Crippen LogP contribution in [0, 0.1) is 0 Å². The fourth-order valence-electron chi connectivity index (χ4n) is 3.56. The normalized spacial score (nSPS) is 19.1. The highest BCUT2D eigenvalue weighted by molar-refractivity contribution is 5.92. The smallest absolute Gasteiger partial charge is 0.269 e. The molecule has 5 heteroatoms. The minimum Gasteiger partial charge on any atom is -0.388 e. The van der Waals surface area contributed by atoms with Crippen molar-refractivity contribution in [2.75, 3.05) is 20.6 Å². The third kappa shape index (κ3) is 4.30. The third-order valence-corrected chi connectivity index (χ3v) is 4.94. The topological polar surface area (TPSA) is 59.6 Å². The summed E-state index contributed by atoms with van der Waals surface area (Å²) >= 11 is 0. The van der Waals surface area contributed by atoms with Crippen LogP contribution in [0.15, 0.2) is 42.5 Å². The molecule has 1 amide bonds. The van der Waals surface area contributed by atoms with Gasteiger partial charge in [-0.05, 0) is 43.5 Å². The van der Waals surface area contributed by atoms with Gasteiger partial charge >= 0.3 is 0 Å². The number of rotatable bonds is 6. The maximum Gasteiger partial charge on any atom is 0.269 e. The Hall–Kier alpha value is -2.11. The van der Waals surface area contributed by atoms with Crippen LogP contribution < -0.4 is 0 Å². The van der Waals surface area contributed by atoms with Crippen LogP contribution in [0.2, 0.25) is 0 Å². The Labute approximate surface area is 149 Å². The van der Waals surface area contributed by atoms with Crippen molar-refractivity contribution in [3.8, 4) is 0 Å². The van der Waals surface area contributed by atoms with E-state index in [-0.39, 0.29) is 5.91 Å². The molecule has 0 bridgehead atoms. The number of aromatic nitrogens is 1. The van der Waals surface area contributed by atoms with Gasteiger partial charge in [0.2, 0.25) is 0 Å². The number of H-pyrrole nitrogens is 1. The number of amides is 1.